The van der Waals surface area contributed by atoms with Crippen LogP contribution in [0.2, 0.25) is 19.6 Å². The number of aromatic nitrogens is 3. The lowest BCUT2D eigenvalue weighted by atomic mass is 9.98. The normalized spacial score (nSPS) is 11.2. The lowest BCUT2D eigenvalue weighted by molar-refractivity contribution is 0.413. The second kappa shape index (κ2) is 8.15. The topological polar surface area (TPSA) is 39.9 Å². The summed E-state index contributed by atoms with van der Waals surface area (Å²) in [6, 6.07) is 26.5. The highest BCUT2D eigenvalue weighted by Gasteiger charge is 2.25. The van der Waals surface area contributed by atoms with Gasteiger partial charge in [-0.25, -0.2) is 4.68 Å². The summed E-state index contributed by atoms with van der Waals surface area (Å²) in [5.41, 5.74) is 8.73. The Labute approximate surface area is 178 Å². The summed E-state index contributed by atoms with van der Waals surface area (Å²) >= 11 is 0. The van der Waals surface area contributed by atoms with Crippen LogP contribution >= 0.6 is 0 Å². The molecule has 0 fully saturated rings. The Morgan fingerprint density at radius 3 is 2.27 bits per heavy atom. The van der Waals surface area contributed by atoms with Gasteiger partial charge in [0.05, 0.1) is 17.9 Å². The van der Waals surface area contributed by atoms with Gasteiger partial charge in [0, 0.05) is 11.1 Å². The van der Waals surface area contributed by atoms with Gasteiger partial charge in [0.1, 0.15) is 19.3 Å². The highest BCUT2D eigenvalue weighted by Crippen LogP contribution is 2.32. The zero-order chi connectivity index (χ0) is 21.1. The second-order valence-electron chi connectivity index (χ2n) is 8.15. The van der Waals surface area contributed by atoms with Crippen LogP contribution in [0.15, 0.2) is 84.6 Å². The first-order chi connectivity index (χ1) is 14.5. The van der Waals surface area contributed by atoms with Gasteiger partial charge in [0.25, 0.3) is 0 Å². The van der Waals surface area contributed by atoms with Gasteiger partial charge in [0.15, 0.2) is 0 Å². The van der Waals surface area contributed by atoms with Crippen molar-refractivity contribution in [1.82, 2.24) is 15.0 Å². The predicted molar refractivity (Wildman–Crippen MR) is 126 cm³/mol. The third kappa shape index (κ3) is 3.86. The Morgan fingerprint density at radius 1 is 0.867 bits per heavy atom. The monoisotopic (exact) mass is 411 g/mol. The molecule has 30 heavy (non-hydrogen) atoms. The number of hydrogen-bond donors (Lipinski definition) is 0. The molecule has 5 heteroatoms. The average Bonchev–Trinajstić information content (AvgIpc) is 3.18. The quantitative estimate of drug-likeness (QED) is 0.304. The van der Waals surface area contributed by atoms with Crippen molar-refractivity contribution < 1.29 is 4.74 Å². The number of para-hydroxylation sites is 2. The molecular weight excluding hydrogens is 386 g/mol. The van der Waals surface area contributed by atoms with Crippen LogP contribution in [0.4, 0.5) is 0 Å². The maximum Gasteiger partial charge on any atom is 0.127 e. The zero-order valence-electron chi connectivity index (χ0n) is 17.8. The molecule has 1 aromatic heterocycles. The summed E-state index contributed by atoms with van der Waals surface area (Å²) in [5.74, 6) is 0.822. The SMILES string of the molecule is COc1ccccc1C(=C=C(n1nnc2ccccc21)[Si](C)(C)C)c1ccccc1. The minimum absolute atomic E-state index is 0.822. The standard InChI is InChI=1S/C25H25N3OSi/c1-29-24-17-11-8-14-20(24)21(19-12-6-5-7-13-19)18-25(30(2,3)4)28-23-16-10-9-15-22(23)26-27-28/h5-17H,1-4H3. The van der Waals surface area contributed by atoms with Gasteiger partial charge < -0.3 is 4.74 Å². The molecule has 0 aliphatic rings. The first-order valence-electron chi connectivity index (χ1n) is 10.00. The molecule has 0 bridgehead atoms. The van der Waals surface area contributed by atoms with Gasteiger partial charge in [0.2, 0.25) is 0 Å². The fraction of sp³-hybridized carbons (Fsp3) is 0.160. The summed E-state index contributed by atoms with van der Waals surface area (Å²) in [6.45, 7) is 6.91. The van der Waals surface area contributed by atoms with E-state index in [1.165, 1.54) is 0 Å². The largest absolute Gasteiger partial charge is 0.496 e. The number of hydrogen-bond acceptors (Lipinski definition) is 3. The first-order valence-corrected chi connectivity index (χ1v) is 13.5. The van der Waals surface area contributed by atoms with Crippen LogP contribution in [-0.4, -0.2) is 30.2 Å². The molecule has 4 rings (SSSR count). The van der Waals surface area contributed by atoms with E-state index in [1.807, 2.05) is 59.3 Å². The van der Waals surface area contributed by atoms with E-state index >= 15 is 0 Å². The fourth-order valence-corrected chi connectivity index (χ4v) is 4.76. The summed E-state index contributed by atoms with van der Waals surface area (Å²) < 4.78 is 7.64. The smallest absolute Gasteiger partial charge is 0.127 e. The lowest BCUT2D eigenvalue weighted by Crippen LogP contribution is -2.27. The Kier molecular flexibility index (Phi) is 5.40. The van der Waals surface area contributed by atoms with Crippen LogP contribution in [0.3, 0.4) is 0 Å². The van der Waals surface area contributed by atoms with Gasteiger partial charge >= 0.3 is 0 Å². The van der Waals surface area contributed by atoms with E-state index in [1.54, 1.807) is 7.11 Å². The van der Waals surface area contributed by atoms with E-state index in [2.05, 4.69) is 59.9 Å². The molecule has 4 aromatic rings. The maximum absolute atomic E-state index is 5.68. The van der Waals surface area contributed by atoms with Gasteiger partial charge in [-0.1, -0.05) is 85.2 Å². The van der Waals surface area contributed by atoms with Crippen molar-refractivity contribution in [3.63, 3.8) is 0 Å². The summed E-state index contributed by atoms with van der Waals surface area (Å²) in [6.07, 6.45) is 0. The molecule has 0 saturated heterocycles. The van der Waals surface area contributed by atoms with E-state index in [9.17, 15) is 0 Å². The number of benzene rings is 3. The van der Waals surface area contributed by atoms with E-state index in [4.69, 9.17) is 4.74 Å². The number of fused-ring (bicyclic) bond motifs is 1. The molecule has 0 unspecified atom stereocenters. The molecule has 0 atom stereocenters. The Hall–Kier alpha value is -3.40. The highest BCUT2D eigenvalue weighted by molar-refractivity contribution is 6.92. The number of nitrogens with zero attached hydrogens (tertiary/aromatic N) is 3. The predicted octanol–water partition coefficient (Wildman–Crippen LogP) is 5.89. The highest BCUT2D eigenvalue weighted by atomic mass is 28.3. The summed E-state index contributed by atoms with van der Waals surface area (Å²) in [4.78, 5) is 0. The summed E-state index contributed by atoms with van der Waals surface area (Å²) in [5, 5.41) is 9.95. The van der Waals surface area contributed by atoms with Crippen molar-refractivity contribution in [1.29, 1.82) is 0 Å². The van der Waals surface area contributed by atoms with Crippen LogP contribution in [0.1, 0.15) is 11.1 Å². The number of rotatable bonds is 5. The molecule has 4 nitrogen and oxygen atoms in total. The van der Waals surface area contributed by atoms with Crippen LogP contribution in [-0.2, 0) is 0 Å². The fourth-order valence-electron chi connectivity index (χ4n) is 3.46. The molecule has 0 N–H and O–H groups in total. The zero-order valence-corrected chi connectivity index (χ0v) is 18.8. The van der Waals surface area contributed by atoms with Crippen molar-refractivity contribution in [2.75, 3.05) is 7.11 Å². The Balaban J connectivity index is 2.11. The van der Waals surface area contributed by atoms with E-state index < -0.39 is 8.07 Å². The summed E-state index contributed by atoms with van der Waals surface area (Å²) in [7, 11) is -0.156. The minimum Gasteiger partial charge on any atom is -0.496 e. The van der Waals surface area contributed by atoms with Crippen LogP contribution in [0.5, 0.6) is 5.75 Å². The van der Waals surface area contributed by atoms with Crippen molar-refractivity contribution in [2.45, 2.75) is 19.6 Å². The van der Waals surface area contributed by atoms with Crippen molar-refractivity contribution in [3.05, 3.63) is 95.7 Å². The van der Waals surface area contributed by atoms with E-state index in [0.29, 0.717) is 0 Å². The molecule has 3 aromatic carbocycles. The molecule has 0 saturated carbocycles. The van der Waals surface area contributed by atoms with E-state index in [0.717, 1.165) is 38.8 Å². The maximum atomic E-state index is 5.68. The van der Waals surface area contributed by atoms with Gasteiger partial charge in [-0.2, -0.15) is 0 Å². The molecular formula is C25H25N3OSi. The van der Waals surface area contributed by atoms with Crippen molar-refractivity contribution >= 4 is 30.0 Å². The molecule has 150 valence electrons. The molecule has 1 heterocycles. The van der Waals surface area contributed by atoms with Crippen molar-refractivity contribution in [2.24, 2.45) is 0 Å². The van der Waals surface area contributed by atoms with Crippen LogP contribution < -0.4 is 4.74 Å². The lowest BCUT2D eigenvalue weighted by Gasteiger charge is -2.20. The number of ether oxygens (including phenoxy) is 1. The average molecular weight is 412 g/mol. The second-order valence-corrected chi connectivity index (χ2v) is 13.1. The molecule has 0 spiro atoms. The van der Waals surface area contributed by atoms with Gasteiger partial charge in [-0.15, -0.1) is 5.10 Å². The third-order valence-electron chi connectivity index (χ3n) is 4.96. The molecule has 0 amide bonds. The molecule has 0 aliphatic heterocycles. The number of methoxy groups -OCH3 is 1. The Morgan fingerprint density at radius 2 is 1.53 bits per heavy atom. The van der Waals surface area contributed by atoms with Crippen LogP contribution in [0, 0.1) is 0 Å². The first kappa shape index (κ1) is 19.9. The van der Waals surface area contributed by atoms with Crippen LogP contribution in [0.25, 0.3) is 21.9 Å². The molecule has 0 radical (unpaired) electrons. The molecule has 0 aliphatic carbocycles. The van der Waals surface area contributed by atoms with Gasteiger partial charge in [-0.3, -0.25) is 0 Å². The van der Waals surface area contributed by atoms with Gasteiger partial charge in [-0.05, 0) is 29.8 Å². The van der Waals surface area contributed by atoms with E-state index in [-0.39, 0.29) is 0 Å². The third-order valence-corrected chi connectivity index (χ3v) is 6.71. The minimum atomic E-state index is -1.86. The Bertz CT molecular complexity index is 1250. The van der Waals surface area contributed by atoms with Crippen molar-refractivity contribution in [3.8, 4) is 5.75 Å².